The van der Waals surface area contributed by atoms with Gasteiger partial charge in [-0.1, -0.05) is 6.07 Å². The van der Waals surface area contributed by atoms with Crippen molar-refractivity contribution in [3.05, 3.63) is 29.6 Å². The SMILES string of the molecule is Cc1ncccc1C(C)N[S+]([O-])C(C)(C)C. The van der Waals surface area contributed by atoms with E-state index < -0.39 is 11.4 Å². The van der Waals surface area contributed by atoms with Gasteiger partial charge in [0.25, 0.3) is 0 Å². The van der Waals surface area contributed by atoms with Crippen molar-refractivity contribution in [3.8, 4) is 0 Å². The van der Waals surface area contributed by atoms with E-state index in [9.17, 15) is 4.55 Å². The van der Waals surface area contributed by atoms with Gasteiger partial charge in [0.15, 0.2) is 0 Å². The fourth-order valence-corrected chi connectivity index (χ4v) is 2.16. The third-order valence-corrected chi connectivity index (χ3v) is 4.03. The van der Waals surface area contributed by atoms with Crippen molar-refractivity contribution in [2.24, 2.45) is 0 Å². The van der Waals surface area contributed by atoms with Gasteiger partial charge in [-0.3, -0.25) is 4.98 Å². The minimum atomic E-state index is -1.05. The number of rotatable bonds is 3. The minimum Gasteiger partial charge on any atom is -0.598 e. The maximum atomic E-state index is 11.9. The molecule has 0 spiro atoms. The molecular weight excluding hydrogens is 220 g/mol. The van der Waals surface area contributed by atoms with Gasteiger partial charge in [0, 0.05) is 23.3 Å². The van der Waals surface area contributed by atoms with E-state index in [0.717, 1.165) is 11.3 Å². The molecule has 1 aromatic rings. The lowest BCUT2D eigenvalue weighted by molar-refractivity contribution is 0.530. The van der Waals surface area contributed by atoms with Gasteiger partial charge in [0.05, 0.1) is 6.04 Å². The normalized spacial score (nSPS) is 15.9. The number of aromatic nitrogens is 1. The van der Waals surface area contributed by atoms with Crippen molar-refractivity contribution in [1.29, 1.82) is 0 Å². The minimum absolute atomic E-state index is 0.0498. The van der Waals surface area contributed by atoms with Gasteiger partial charge < -0.3 is 4.55 Å². The lowest BCUT2D eigenvalue weighted by Crippen LogP contribution is -2.40. The topological polar surface area (TPSA) is 48.0 Å². The Balaban J connectivity index is 2.73. The van der Waals surface area contributed by atoms with Gasteiger partial charge in [-0.25, -0.2) is 0 Å². The summed E-state index contributed by atoms with van der Waals surface area (Å²) in [6.07, 6.45) is 1.77. The van der Waals surface area contributed by atoms with Crippen molar-refractivity contribution in [2.45, 2.75) is 45.4 Å². The molecule has 0 bridgehead atoms. The average Bonchev–Trinajstić information content (AvgIpc) is 2.16. The number of nitrogens with zero attached hydrogens (tertiary/aromatic N) is 1. The predicted octanol–water partition coefficient (Wildman–Crippen LogP) is 2.50. The van der Waals surface area contributed by atoms with Crippen molar-refractivity contribution in [1.82, 2.24) is 9.71 Å². The summed E-state index contributed by atoms with van der Waals surface area (Å²) < 4.78 is 14.8. The first-order valence-corrected chi connectivity index (χ1v) is 6.57. The predicted molar refractivity (Wildman–Crippen MR) is 68.4 cm³/mol. The second kappa shape index (κ2) is 5.17. The molecular formula is C12H20N2OS. The number of hydrogen-bond acceptors (Lipinski definition) is 3. The molecule has 16 heavy (non-hydrogen) atoms. The Morgan fingerprint density at radius 3 is 2.56 bits per heavy atom. The summed E-state index contributed by atoms with van der Waals surface area (Å²) in [6, 6.07) is 3.97. The first-order valence-electron chi connectivity index (χ1n) is 5.42. The molecule has 1 heterocycles. The van der Waals surface area contributed by atoms with Crippen LogP contribution in [0.2, 0.25) is 0 Å². The maximum absolute atomic E-state index is 11.9. The molecule has 0 amide bonds. The molecule has 0 radical (unpaired) electrons. The van der Waals surface area contributed by atoms with Crippen LogP contribution in [0.1, 0.15) is 45.0 Å². The van der Waals surface area contributed by atoms with E-state index in [4.69, 9.17) is 0 Å². The zero-order valence-corrected chi connectivity index (χ0v) is 11.4. The lowest BCUT2D eigenvalue weighted by atomic mass is 10.1. The molecule has 0 aliphatic heterocycles. The number of aryl methyl sites for hydroxylation is 1. The molecule has 1 rings (SSSR count). The van der Waals surface area contributed by atoms with Crippen LogP contribution in [0, 0.1) is 6.92 Å². The first kappa shape index (κ1) is 13.5. The molecule has 0 saturated heterocycles. The monoisotopic (exact) mass is 240 g/mol. The van der Waals surface area contributed by atoms with E-state index in [1.54, 1.807) is 6.20 Å². The Morgan fingerprint density at radius 2 is 2.06 bits per heavy atom. The van der Waals surface area contributed by atoms with E-state index in [1.807, 2.05) is 46.8 Å². The van der Waals surface area contributed by atoms with Crippen LogP contribution in [0.15, 0.2) is 18.3 Å². The Hall–Kier alpha value is -0.580. The van der Waals surface area contributed by atoms with E-state index in [1.165, 1.54) is 0 Å². The van der Waals surface area contributed by atoms with Gasteiger partial charge >= 0.3 is 0 Å². The van der Waals surface area contributed by atoms with Gasteiger partial charge in [-0.15, -0.1) is 4.72 Å². The van der Waals surface area contributed by atoms with Crippen LogP contribution >= 0.6 is 0 Å². The molecule has 4 heteroatoms. The second-order valence-corrected chi connectivity index (χ2v) is 6.90. The highest BCUT2D eigenvalue weighted by Gasteiger charge is 2.28. The van der Waals surface area contributed by atoms with Gasteiger partial charge in [-0.2, -0.15) is 0 Å². The van der Waals surface area contributed by atoms with E-state index >= 15 is 0 Å². The van der Waals surface area contributed by atoms with E-state index in [2.05, 4.69) is 9.71 Å². The molecule has 1 N–H and O–H groups in total. The molecule has 2 unspecified atom stereocenters. The molecule has 0 saturated carbocycles. The summed E-state index contributed by atoms with van der Waals surface area (Å²) in [5, 5.41) is 0. The highest BCUT2D eigenvalue weighted by atomic mass is 32.2. The summed E-state index contributed by atoms with van der Waals surface area (Å²) in [7, 11) is 0. The Kier molecular flexibility index (Phi) is 4.35. The van der Waals surface area contributed by atoms with Crippen molar-refractivity contribution >= 4 is 11.4 Å². The Labute approximate surface area is 101 Å². The van der Waals surface area contributed by atoms with Gasteiger partial charge in [0.2, 0.25) is 0 Å². The first-order chi connectivity index (χ1) is 7.32. The molecule has 0 aliphatic rings. The average molecular weight is 240 g/mol. The quantitative estimate of drug-likeness (QED) is 0.826. The van der Waals surface area contributed by atoms with Crippen molar-refractivity contribution in [2.75, 3.05) is 0 Å². The summed E-state index contributed by atoms with van der Waals surface area (Å²) in [5.74, 6) is 0. The largest absolute Gasteiger partial charge is 0.598 e. The van der Waals surface area contributed by atoms with Gasteiger partial charge in [-0.05, 0) is 46.2 Å². The lowest BCUT2D eigenvalue weighted by Gasteiger charge is -2.26. The van der Waals surface area contributed by atoms with Crippen molar-refractivity contribution in [3.63, 3.8) is 0 Å². The summed E-state index contributed by atoms with van der Waals surface area (Å²) in [6.45, 7) is 9.85. The van der Waals surface area contributed by atoms with Crippen LogP contribution in [0.4, 0.5) is 0 Å². The van der Waals surface area contributed by atoms with E-state index in [-0.39, 0.29) is 10.8 Å². The summed E-state index contributed by atoms with van der Waals surface area (Å²) in [4.78, 5) is 4.23. The fourth-order valence-electron chi connectivity index (χ4n) is 1.36. The van der Waals surface area contributed by atoms with E-state index in [0.29, 0.717) is 0 Å². The third kappa shape index (κ3) is 3.47. The molecule has 2 atom stereocenters. The van der Waals surface area contributed by atoms with Crippen LogP contribution < -0.4 is 4.72 Å². The third-order valence-electron chi connectivity index (χ3n) is 2.35. The zero-order chi connectivity index (χ0) is 12.3. The molecule has 3 nitrogen and oxygen atoms in total. The molecule has 0 fully saturated rings. The molecule has 0 aromatic carbocycles. The van der Waals surface area contributed by atoms with Crippen molar-refractivity contribution < 1.29 is 4.55 Å². The zero-order valence-electron chi connectivity index (χ0n) is 10.6. The van der Waals surface area contributed by atoms with Crippen LogP contribution in [0.25, 0.3) is 0 Å². The summed E-state index contributed by atoms with van der Waals surface area (Å²) in [5.41, 5.74) is 2.08. The van der Waals surface area contributed by atoms with Crippen LogP contribution in [-0.4, -0.2) is 14.3 Å². The number of pyridine rings is 1. The number of hydrogen-bond donors (Lipinski definition) is 1. The Morgan fingerprint density at radius 1 is 1.44 bits per heavy atom. The summed E-state index contributed by atoms with van der Waals surface area (Å²) >= 11 is -1.05. The van der Waals surface area contributed by atoms with Crippen LogP contribution in [-0.2, 0) is 11.4 Å². The van der Waals surface area contributed by atoms with Crippen LogP contribution in [0.5, 0.6) is 0 Å². The smallest absolute Gasteiger partial charge is 0.136 e. The number of nitrogens with one attached hydrogen (secondary N) is 1. The fraction of sp³-hybridized carbons (Fsp3) is 0.583. The van der Waals surface area contributed by atoms with Gasteiger partial charge in [0.1, 0.15) is 4.75 Å². The molecule has 1 aromatic heterocycles. The Bertz CT molecular complexity index is 349. The van der Waals surface area contributed by atoms with Crippen LogP contribution in [0.3, 0.4) is 0 Å². The standard InChI is InChI=1S/C12H20N2OS/c1-9-11(7-6-8-13-9)10(2)14-16(15)12(3,4)5/h6-8,10,14H,1-5H3. The highest BCUT2D eigenvalue weighted by Crippen LogP contribution is 2.20. The molecule has 0 aliphatic carbocycles. The highest BCUT2D eigenvalue weighted by molar-refractivity contribution is 7.90. The second-order valence-electron chi connectivity index (χ2n) is 4.90. The molecule has 90 valence electrons. The maximum Gasteiger partial charge on any atom is 0.136 e.